The van der Waals surface area contributed by atoms with Crippen LogP contribution in [0.5, 0.6) is 0 Å². The summed E-state index contributed by atoms with van der Waals surface area (Å²) in [5.74, 6) is 1.03. The van der Waals surface area contributed by atoms with Gasteiger partial charge in [0.05, 0.1) is 10.6 Å². The second kappa shape index (κ2) is 8.06. The van der Waals surface area contributed by atoms with Gasteiger partial charge in [-0.25, -0.2) is 8.42 Å². The van der Waals surface area contributed by atoms with Gasteiger partial charge in [-0.3, -0.25) is 9.10 Å². The van der Waals surface area contributed by atoms with Gasteiger partial charge < -0.3 is 5.32 Å². The van der Waals surface area contributed by atoms with Gasteiger partial charge in [0.15, 0.2) is 0 Å². The first-order valence-electron chi connectivity index (χ1n) is 10.7. The molecule has 2 aromatic rings. The highest BCUT2D eigenvalue weighted by Gasteiger charge is 2.40. The molecule has 30 heavy (non-hydrogen) atoms. The van der Waals surface area contributed by atoms with Crippen LogP contribution in [0.2, 0.25) is 0 Å². The third-order valence-corrected chi connectivity index (χ3v) is 8.38. The van der Waals surface area contributed by atoms with Crippen molar-refractivity contribution < 1.29 is 13.2 Å². The molecule has 2 bridgehead atoms. The molecule has 2 saturated carbocycles. The Balaban J connectivity index is 1.63. The molecule has 2 aromatic carbocycles. The first-order chi connectivity index (χ1) is 14.2. The minimum absolute atomic E-state index is 0.180. The fraction of sp³-hybridized carbons (Fsp3) is 0.458. The molecule has 0 aromatic heterocycles. The van der Waals surface area contributed by atoms with Crippen molar-refractivity contribution >= 4 is 21.6 Å². The summed E-state index contributed by atoms with van der Waals surface area (Å²) in [5.41, 5.74) is 3.42. The topological polar surface area (TPSA) is 66.5 Å². The first kappa shape index (κ1) is 20.9. The van der Waals surface area contributed by atoms with Gasteiger partial charge in [-0.1, -0.05) is 41.8 Å². The van der Waals surface area contributed by atoms with Gasteiger partial charge in [0.2, 0.25) is 5.91 Å². The van der Waals surface area contributed by atoms with Crippen molar-refractivity contribution in [3.63, 3.8) is 0 Å². The molecule has 2 aliphatic carbocycles. The predicted octanol–water partition coefficient (Wildman–Crippen LogP) is 4.11. The van der Waals surface area contributed by atoms with Gasteiger partial charge in [0, 0.05) is 6.04 Å². The first-order valence-corrected chi connectivity index (χ1v) is 12.1. The molecule has 0 unspecified atom stereocenters. The van der Waals surface area contributed by atoms with Crippen LogP contribution in [0.15, 0.2) is 47.4 Å². The standard InChI is InChI=1S/C24H30N2O3S/c1-16-4-9-21(10-5-16)30(28,29)26(23-11-6-17(2)12-18(23)3)15-24(27)25-22-14-19-7-8-20(22)13-19/h4-6,9-12,19-20,22H,7-8,13-15H2,1-3H3,(H,25,27)/t19-,20-,22+/m1/s1. The van der Waals surface area contributed by atoms with Crippen LogP contribution < -0.4 is 9.62 Å². The number of nitrogens with one attached hydrogen (secondary N) is 1. The Morgan fingerprint density at radius 1 is 1.00 bits per heavy atom. The summed E-state index contributed by atoms with van der Waals surface area (Å²) in [6, 6.07) is 12.6. The highest BCUT2D eigenvalue weighted by molar-refractivity contribution is 7.92. The molecule has 2 fully saturated rings. The molecule has 1 N–H and O–H groups in total. The average molecular weight is 427 g/mol. The van der Waals surface area contributed by atoms with Gasteiger partial charge in [-0.2, -0.15) is 0 Å². The Bertz CT molecular complexity index is 1050. The van der Waals surface area contributed by atoms with E-state index in [9.17, 15) is 13.2 Å². The summed E-state index contributed by atoms with van der Waals surface area (Å²) in [7, 11) is -3.87. The minimum atomic E-state index is -3.87. The lowest BCUT2D eigenvalue weighted by Gasteiger charge is -2.28. The molecule has 0 saturated heterocycles. The molecule has 1 amide bonds. The molecular formula is C24H30N2O3S. The fourth-order valence-electron chi connectivity index (χ4n) is 5.03. The van der Waals surface area contributed by atoms with Crippen molar-refractivity contribution in [2.24, 2.45) is 11.8 Å². The lowest BCUT2D eigenvalue weighted by molar-refractivity contribution is -0.120. The number of aryl methyl sites for hydroxylation is 3. The molecule has 3 atom stereocenters. The molecule has 2 aliphatic rings. The van der Waals surface area contributed by atoms with Gasteiger partial charge in [0.25, 0.3) is 10.0 Å². The van der Waals surface area contributed by atoms with E-state index in [-0.39, 0.29) is 23.4 Å². The maximum Gasteiger partial charge on any atom is 0.264 e. The molecular weight excluding hydrogens is 396 g/mol. The van der Waals surface area contributed by atoms with Crippen molar-refractivity contribution in [3.8, 4) is 0 Å². The van der Waals surface area contributed by atoms with E-state index in [2.05, 4.69) is 5.32 Å². The summed E-state index contributed by atoms with van der Waals surface area (Å²) in [5, 5.41) is 3.13. The number of amides is 1. The maximum absolute atomic E-state index is 13.5. The summed E-state index contributed by atoms with van der Waals surface area (Å²) in [6.07, 6.45) is 4.63. The van der Waals surface area contributed by atoms with E-state index in [0.717, 1.165) is 29.5 Å². The zero-order chi connectivity index (χ0) is 21.5. The number of carbonyl (C=O) groups is 1. The second-order valence-electron chi connectivity index (χ2n) is 8.96. The number of fused-ring (bicyclic) bond motifs is 2. The zero-order valence-corrected chi connectivity index (χ0v) is 18.7. The molecule has 0 heterocycles. The van der Waals surface area contributed by atoms with E-state index < -0.39 is 10.0 Å². The summed E-state index contributed by atoms with van der Waals surface area (Å²) in [6.45, 7) is 5.56. The quantitative estimate of drug-likeness (QED) is 0.756. The molecule has 0 aliphatic heterocycles. The Morgan fingerprint density at radius 2 is 1.70 bits per heavy atom. The number of anilines is 1. The van der Waals surface area contributed by atoms with Gasteiger partial charge in [-0.15, -0.1) is 0 Å². The zero-order valence-electron chi connectivity index (χ0n) is 17.9. The molecule has 0 spiro atoms. The number of benzene rings is 2. The van der Waals surface area contributed by atoms with Crippen LogP contribution in [0.4, 0.5) is 5.69 Å². The van der Waals surface area contributed by atoms with Crippen molar-refractivity contribution in [3.05, 3.63) is 59.2 Å². The lowest BCUT2D eigenvalue weighted by atomic mass is 9.95. The molecule has 5 nitrogen and oxygen atoms in total. The van der Waals surface area contributed by atoms with E-state index in [1.54, 1.807) is 30.3 Å². The monoisotopic (exact) mass is 426 g/mol. The van der Waals surface area contributed by atoms with Crippen LogP contribution in [0.3, 0.4) is 0 Å². The van der Waals surface area contributed by atoms with Crippen LogP contribution in [0.1, 0.15) is 42.4 Å². The largest absolute Gasteiger partial charge is 0.352 e. The van der Waals surface area contributed by atoms with Crippen molar-refractivity contribution in [1.82, 2.24) is 5.32 Å². The Hall–Kier alpha value is -2.34. The number of hydrogen-bond donors (Lipinski definition) is 1. The maximum atomic E-state index is 13.5. The Labute approximate surface area is 179 Å². The smallest absolute Gasteiger partial charge is 0.264 e. The number of sulfonamides is 1. The number of hydrogen-bond acceptors (Lipinski definition) is 3. The van der Waals surface area contributed by atoms with Crippen LogP contribution >= 0.6 is 0 Å². The molecule has 160 valence electrons. The van der Waals surface area contributed by atoms with Gasteiger partial charge in [0.1, 0.15) is 6.54 Å². The predicted molar refractivity (Wildman–Crippen MR) is 119 cm³/mol. The van der Waals surface area contributed by atoms with E-state index in [0.29, 0.717) is 17.5 Å². The third kappa shape index (κ3) is 4.10. The van der Waals surface area contributed by atoms with E-state index in [4.69, 9.17) is 0 Å². The molecule has 6 heteroatoms. The van der Waals surface area contributed by atoms with Crippen LogP contribution in [0.25, 0.3) is 0 Å². The molecule has 0 radical (unpaired) electrons. The van der Waals surface area contributed by atoms with Gasteiger partial charge >= 0.3 is 0 Å². The summed E-state index contributed by atoms with van der Waals surface area (Å²) < 4.78 is 28.3. The lowest BCUT2D eigenvalue weighted by Crippen LogP contribution is -2.46. The summed E-state index contributed by atoms with van der Waals surface area (Å²) in [4.78, 5) is 13.1. The van der Waals surface area contributed by atoms with Crippen molar-refractivity contribution in [1.29, 1.82) is 0 Å². The fourth-order valence-corrected chi connectivity index (χ4v) is 6.51. The van der Waals surface area contributed by atoms with Gasteiger partial charge in [-0.05, 0) is 75.6 Å². The van der Waals surface area contributed by atoms with Crippen LogP contribution in [0, 0.1) is 32.6 Å². The minimum Gasteiger partial charge on any atom is -0.352 e. The number of rotatable bonds is 6. The molecule has 4 rings (SSSR count). The normalized spacial score (nSPS) is 22.8. The van der Waals surface area contributed by atoms with Crippen LogP contribution in [-0.4, -0.2) is 26.9 Å². The highest BCUT2D eigenvalue weighted by Crippen LogP contribution is 2.44. The van der Waals surface area contributed by atoms with Crippen molar-refractivity contribution in [2.75, 3.05) is 10.8 Å². The second-order valence-corrected chi connectivity index (χ2v) is 10.8. The van der Waals surface area contributed by atoms with E-state index in [1.807, 2.05) is 32.9 Å². The van der Waals surface area contributed by atoms with Crippen molar-refractivity contribution in [2.45, 2.75) is 57.4 Å². The highest BCUT2D eigenvalue weighted by atomic mass is 32.2. The Kier molecular flexibility index (Phi) is 5.62. The van der Waals surface area contributed by atoms with Crippen LogP contribution in [-0.2, 0) is 14.8 Å². The number of carbonyl (C=O) groups excluding carboxylic acids is 1. The summed E-state index contributed by atoms with van der Waals surface area (Å²) >= 11 is 0. The van der Waals surface area contributed by atoms with E-state index in [1.165, 1.54) is 17.1 Å². The van der Waals surface area contributed by atoms with E-state index >= 15 is 0 Å². The SMILES string of the molecule is Cc1ccc(S(=O)(=O)N(CC(=O)N[C@H]2C[C@@H]3CC[C@@H]2C3)c2ccc(C)cc2C)cc1. The number of nitrogens with zero attached hydrogens (tertiary/aromatic N) is 1. The third-order valence-electron chi connectivity index (χ3n) is 6.60. The Morgan fingerprint density at radius 3 is 2.30 bits per heavy atom. The average Bonchev–Trinajstić information content (AvgIpc) is 3.30.